The van der Waals surface area contributed by atoms with E-state index in [0.717, 1.165) is 10.6 Å². The maximum atomic E-state index is 13.2. The van der Waals surface area contributed by atoms with Crippen LogP contribution in [0.4, 0.5) is 4.39 Å². The minimum Gasteiger partial charge on any atom is -0.271 e. The van der Waals surface area contributed by atoms with Crippen LogP contribution in [0.3, 0.4) is 0 Å². The number of nitrogens with two attached hydrogens (primary N) is 1. The van der Waals surface area contributed by atoms with Crippen molar-refractivity contribution in [1.82, 2.24) is 15.0 Å². The van der Waals surface area contributed by atoms with Crippen molar-refractivity contribution >= 4 is 23.1 Å². The van der Waals surface area contributed by atoms with Gasteiger partial charge in [0.15, 0.2) is 0 Å². The Morgan fingerprint density at radius 1 is 1.53 bits per heavy atom. The molecule has 0 aliphatic carbocycles. The molecule has 0 radical (unpaired) electrons. The first-order valence-electron chi connectivity index (χ1n) is 4.83. The van der Waals surface area contributed by atoms with Crippen LogP contribution in [0.25, 0.3) is 0 Å². The fraction of sp³-hybridized carbons (Fsp3) is 0.200. The number of aryl methyl sites for hydroxylation is 1. The highest BCUT2D eigenvalue weighted by molar-refractivity contribution is 7.05. The van der Waals surface area contributed by atoms with Gasteiger partial charge in [-0.3, -0.25) is 5.84 Å². The average Bonchev–Trinajstić information content (AvgIpc) is 2.71. The summed E-state index contributed by atoms with van der Waals surface area (Å²) >= 11 is 7.25. The van der Waals surface area contributed by atoms with Crippen LogP contribution < -0.4 is 11.3 Å². The van der Waals surface area contributed by atoms with Gasteiger partial charge in [0.1, 0.15) is 5.82 Å². The Morgan fingerprint density at radius 3 is 2.88 bits per heavy atom. The molecule has 1 unspecified atom stereocenters. The summed E-state index contributed by atoms with van der Waals surface area (Å²) in [6, 6.07) is 3.75. The van der Waals surface area contributed by atoms with Crippen molar-refractivity contribution in [2.45, 2.75) is 13.0 Å². The summed E-state index contributed by atoms with van der Waals surface area (Å²) in [6.07, 6.45) is 0. The first kappa shape index (κ1) is 12.4. The Morgan fingerprint density at radius 2 is 2.29 bits per heavy atom. The maximum absolute atomic E-state index is 13.2. The normalized spacial score (nSPS) is 12.7. The van der Waals surface area contributed by atoms with Gasteiger partial charge in [0.05, 0.1) is 16.6 Å². The van der Waals surface area contributed by atoms with Crippen molar-refractivity contribution in [3.63, 3.8) is 0 Å². The zero-order valence-corrected chi connectivity index (χ0v) is 10.5. The van der Waals surface area contributed by atoms with E-state index in [1.165, 1.54) is 29.7 Å². The standard InChI is InChI=1S/C10H10ClFN4S/c1-5-10(17-16-15-5)9(14-13)7-4-6(12)2-3-8(7)11/h2-4,9,14H,13H2,1H3. The summed E-state index contributed by atoms with van der Waals surface area (Å²) in [7, 11) is 0. The minimum atomic E-state index is -0.404. The maximum Gasteiger partial charge on any atom is 0.123 e. The zero-order chi connectivity index (χ0) is 12.4. The van der Waals surface area contributed by atoms with Gasteiger partial charge in [0.25, 0.3) is 0 Å². The Balaban J connectivity index is 2.49. The quantitative estimate of drug-likeness (QED) is 0.664. The number of nitrogens with one attached hydrogen (secondary N) is 1. The molecule has 0 saturated carbocycles. The van der Waals surface area contributed by atoms with E-state index in [0.29, 0.717) is 10.6 Å². The van der Waals surface area contributed by atoms with Crippen LogP contribution in [0.1, 0.15) is 22.2 Å². The average molecular weight is 273 g/mol. The summed E-state index contributed by atoms with van der Waals surface area (Å²) in [6.45, 7) is 1.82. The molecule has 1 atom stereocenters. The van der Waals surface area contributed by atoms with E-state index >= 15 is 0 Å². The van der Waals surface area contributed by atoms with Gasteiger partial charge >= 0.3 is 0 Å². The van der Waals surface area contributed by atoms with Crippen molar-refractivity contribution in [2.75, 3.05) is 0 Å². The lowest BCUT2D eigenvalue weighted by molar-refractivity contribution is 0.607. The number of benzene rings is 1. The van der Waals surface area contributed by atoms with Gasteiger partial charge in [-0.05, 0) is 42.2 Å². The number of hydrogen-bond acceptors (Lipinski definition) is 5. The van der Waals surface area contributed by atoms with Crippen LogP contribution in [-0.4, -0.2) is 9.59 Å². The second-order valence-corrected chi connectivity index (χ2v) is 4.68. The lowest BCUT2D eigenvalue weighted by Crippen LogP contribution is -2.29. The van der Waals surface area contributed by atoms with E-state index in [2.05, 4.69) is 15.0 Å². The van der Waals surface area contributed by atoms with Crippen LogP contribution in [0, 0.1) is 12.7 Å². The molecule has 2 aromatic rings. The van der Waals surface area contributed by atoms with Crippen molar-refractivity contribution in [1.29, 1.82) is 0 Å². The Kier molecular flexibility index (Phi) is 3.68. The van der Waals surface area contributed by atoms with E-state index < -0.39 is 6.04 Å². The van der Waals surface area contributed by atoms with Crippen LogP contribution in [0.2, 0.25) is 5.02 Å². The first-order chi connectivity index (χ1) is 8.13. The largest absolute Gasteiger partial charge is 0.271 e. The van der Waals surface area contributed by atoms with Crippen LogP contribution in [0.15, 0.2) is 18.2 Å². The molecule has 0 aliphatic heterocycles. The van der Waals surface area contributed by atoms with Gasteiger partial charge in [-0.25, -0.2) is 9.82 Å². The van der Waals surface area contributed by atoms with Crippen molar-refractivity contribution in [3.05, 3.63) is 45.2 Å². The second-order valence-electron chi connectivity index (χ2n) is 3.49. The van der Waals surface area contributed by atoms with Crippen LogP contribution in [0.5, 0.6) is 0 Å². The monoisotopic (exact) mass is 272 g/mol. The predicted molar refractivity (Wildman–Crippen MR) is 65.2 cm³/mol. The minimum absolute atomic E-state index is 0.361. The van der Waals surface area contributed by atoms with E-state index in [-0.39, 0.29) is 5.82 Å². The summed E-state index contributed by atoms with van der Waals surface area (Å²) in [4.78, 5) is 0.819. The molecule has 90 valence electrons. The second kappa shape index (κ2) is 5.05. The molecule has 0 bridgehead atoms. The highest BCUT2D eigenvalue weighted by Crippen LogP contribution is 2.31. The molecule has 0 fully saturated rings. The molecule has 7 heteroatoms. The molecular weight excluding hydrogens is 263 g/mol. The summed E-state index contributed by atoms with van der Waals surface area (Å²) in [5, 5.41) is 4.35. The molecule has 17 heavy (non-hydrogen) atoms. The zero-order valence-electron chi connectivity index (χ0n) is 8.95. The van der Waals surface area contributed by atoms with E-state index in [1.54, 1.807) is 0 Å². The summed E-state index contributed by atoms with van der Waals surface area (Å²) in [5.41, 5.74) is 3.93. The number of hydrogen-bond donors (Lipinski definition) is 2. The fourth-order valence-electron chi connectivity index (χ4n) is 1.55. The number of hydrazine groups is 1. The Hall–Kier alpha value is -1.08. The van der Waals surface area contributed by atoms with Gasteiger partial charge in [0.2, 0.25) is 0 Å². The molecule has 2 rings (SSSR count). The molecule has 0 amide bonds. The van der Waals surface area contributed by atoms with Gasteiger partial charge < -0.3 is 0 Å². The summed E-state index contributed by atoms with van der Waals surface area (Å²) in [5.74, 6) is 5.14. The molecule has 1 heterocycles. The molecular formula is C10H10ClFN4S. The van der Waals surface area contributed by atoms with E-state index in [4.69, 9.17) is 17.4 Å². The number of nitrogens with zero attached hydrogens (tertiary/aromatic N) is 2. The molecule has 0 spiro atoms. The number of aromatic nitrogens is 2. The Labute approximate surface area is 107 Å². The molecule has 3 N–H and O–H groups in total. The lowest BCUT2D eigenvalue weighted by Gasteiger charge is -2.16. The van der Waals surface area contributed by atoms with Crippen molar-refractivity contribution in [2.24, 2.45) is 5.84 Å². The Bertz CT molecular complexity index is 531. The molecule has 1 aromatic carbocycles. The number of rotatable bonds is 3. The number of halogens is 2. The van der Waals surface area contributed by atoms with Gasteiger partial charge in [-0.2, -0.15) is 0 Å². The molecule has 1 aromatic heterocycles. The molecule has 0 aliphatic rings. The predicted octanol–water partition coefficient (Wildman–Crippen LogP) is 2.19. The van der Waals surface area contributed by atoms with Crippen LogP contribution >= 0.6 is 23.1 Å². The highest BCUT2D eigenvalue weighted by Gasteiger charge is 2.20. The van der Waals surface area contributed by atoms with Crippen molar-refractivity contribution in [3.8, 4) is 0 Å². The third-order valence-corrected chi connectivity index (χ3v) is 3.62. The van der Waals surface area contributed by atoms with E-state index in [1.807, 2.05) is 6.92 Å². The van der Waals surface area contributed by atoms with Gasteiger partial charge in [0, 0.05) is 5.02 Å². The van der Waals surface area contributed by atoms with Crippen LogP contribution in [-0.2, 0) is 0 Å². The molecule has 0 saturated heterocycles. The van der Waals surface area contributed by atoms with Gasteiger partial charge in [-0.1, -0.05) is 16.1 Å². The topological polar surface area (TPSA) is 63.8 Å². The SMILES string of the molecule is Cc1nnsc1C(NN)c1cc(F)ccc1Cl. The molecule has 4 nitrogen and oxygen atoms in total. The third kappa shape index (κ3) is 2.44. The first-order valence-corrected chi connectivity index (χ1v) is 5.98. The van der Waals surface area contributed by atoms with Crippen molar-refractivity contribution < 1.29 is 4.39 Å². The van der Waals surface area contributed by atoms with Gasteiger partial charge in [-0.15, -0.1) is 5.10 Å². The highest BCUT2D eigenvalue weighted by atomic mass is 35.5. The fourth-order valence-corrected chi connectivity index (χ4v) is 2.50. The lowest BCUT2D eigenvalue weighted by atomic mass is 10.0. The summed E-state index contributed by atoms with van der Waals surface area (Å²) < 4.78 is 17.1. The third-order valence-electron chi connectivity index (χ3n) is 2.38. The smallest absolute Gasteiger partial charge is 0.123 e. The van der Waals surface area contributed by atoms with E-state index in [9.17, 15) is 4.39 Å².